The number of carbonyl (C=O) groups excluding carboxylic acids is 1. The maximum absolute atomic E-state index is 12.3. The molecule has 10 nitrogen and oxygen atoms in total. The van der Waals surface area contributed by atoms with E-state index in [-0.39, 0.29) is 23.2 Å². The third-order valence-corrected chi connectivity index (χ3v) is 3.87. The van der Waals surface area contributed by atoms with Crippen LogP contribution in [0.15, 0.2) is 27.2 Å². The number of thiophene rings is 1. The molecule has 0 aliphatic rings. The average Bonchev–Trinajstić information content (AvgIpc) is 3.25. The fourth-order valence-electron chi connectivity index (χ4n) is 2.04. The molecule has 3 N–H and O–H groups in total. The molecule has 0 saturated heterocycles. The Bertz CT molecular complexity index is 865. The van der Waals surface area contributed by atoms with Crippen LogP contribution >= 0.6 is 11.3 Å². The maximum Gasteiger partial charge on any atom is 0.293 e. The Morgan fingerprint density at radius 2 is 2.33 bits per heavy atom. The van der Waals surface area contributed by atoms with E-state index >= 15 is 0 Å². The normalized spacial score (nSPS) is 11.5. The van der Waals surface area contributed by atoms with Crippen LogP contribution in [0.2, 0.25) is 0 Å². The van der Waals surface area contributed by atoms with Gasteiger partial charge in [-0.15, -0.1) is 16.4 Å². The summed E-state index contributed by atoms with van der Waals surface area (Å²) in [4.78, 5) is 13.3. The summed E-state index contributed by atoms with van der Waals surface area (Å²) in [6.07, 6.45) is 1.56. The van der Waals surface area contributed by atoms with Crippen molar-refractivity contribution in [2.45, 2.75) is 19.8 Å². The molecular weight excluding hydrogens is 332 g/mol. The molecule has 124 valence electrons. The first kappa shape index (κ1) is 15.8. The number of nitrogens with zero attached hydrogens (tertiary/aromatic N) is 6. The van der Waals surface area contributed by atoms with Gasteiger partial charge < -0.3 is 5.73 Å². The molecule has 0 bridgehead atoms. The Morgan fingerprint density at radius 1 is 1.50 bits per heavy atom. The predicted molar refractivity (Wildman–Crippen MR) is 87.1 cm³/mol. The summed E-state index contributed by atoms with van der Waals surface area (Å²) in [7, 11) is 0. The number of nitrogens with one attached hydrogen (secondary N) is 1. The number of anilines is 1. The maximum atomic E-state index is 12.3. The Labute approximate surface area is 140 Å². The monoisotopic (exact) mass is 346 g/mol. The molecule has 0 aromatic carbocycles. The second-order valence-corrected chi connectivity index (χ2v) is 6.06. The molecule has 1 amide bonds. The van der Waals surface area contributed by atoms with E-state index in [1.807, 2.05) is 31.4 Å². The minimum atomic E-state index is -0.479. The molecule has 0 spiro atoms. The number of rotatable bonds is 5. The summed E-state index contributed by atoms with van der Waals surface area (Å²) in [6.45, 7) is 3.79. The number of hydrogen-bond acceptors (Lipinski definition) is 9. The van der Waals surface area contributed by atoms with Crippen LogP contribution in [0.5, 0.6) is 0 Å². The highest BCUT2D eigenvalue weighted by Gasteiger charge is 2.25. The molecule has 11 heteroatoms. The van der Waals surface area contributed by atoms with E-state index < -0.39 is 5.91 Å². The largest absolute Gasteiger partial charge is 0.378 e. The van der Waals surface area contributed by atoms with E-state index in [1.54, 1.807) is 6.21 Å². The van der Waals surface area contributed by atoms with E-state index in [9.17, 15) is 4.79 Å². The molecule has 3 aromatic heterocycles. The van der Waals surface area contributed by atoms with Crippen molar-refractivity contribution >= 4 is 29.3 Å². The second kappa shape index (κ2) is 6.58. The lowest BCUT2D eigenvalue weighted by Gasteiger charge is -2.07. The van der Waals surface area contributed by atoms with Gasteiger partial charge in [0.2, 0.25) is 11.6 Å². The summed E-state index contributed by atoms with van der Waals surface area (Å²) in [6, 6.07) is 3.78. The molecule has 3 heterocycles. The molecule has 0 atom stereocenters. The molecule has 0 radical (unpaired) electrons. The zero-order valence-electron chi connectivity index (χ0n) is 12.9. The highest BCUT2D eigenvalue weighted by atomic mass is 32.1. The first-order valence-electron chi connectivity index (χ1n) is 6.99. The quantitative estimate of drug-likeness (QED) is 0.522. The van der Waals surface area contributed by atoms with Crippen molar-refractivity contribution in [3.05, 3.63) is 33.8 Å². The van der Waals surface area contributed by atoms with Gasteiger partial charge in [-0.3, -0.25) is 4.79 Å². The zero-order chi connectivity index (χ0) is 17.1. The van der Waals surface area contributed by atoms with Crippen molar-refractivity contribution in [2.24, 2.45) is 5.10 Å². The van der Waals surface area contributed by atoms with Crippen LogP contribution in [0.4, 0.5) is 5.82 Å². The van der Waals surface area contributed by atoms with Gasteiger partial charge in [-0.25, -0.2) is 10.1 Å². The number of amides is 1. The summed E-state index contributed by atoms with van der Waals surface area (Å²) in [5.74, 6) is -0.303. The molecule has 0 aliphatic heterocycles. The number of carbonyl (C=O) groups is 1. The minimum absolute atomic E-state index is 0.0597. The van der Waals surface area contributed by atoms with Crippen LogP contribution in [0.1, 0.15) is 40.8 Å². The highest BCUT2D eigenvalue weighted by Crippen LogP contribution is 2.22. The Hall–Kier alpha value is -3.08. The van der Waals surface area contributed by atoms with Crippen molar-refractivity contribution in [3.8, 4) is 5.82 Å². The van der Waals surface area contributed by atoms with E-state index in [2.05, 4.69) is 35.8 Å². The van der Waals surface area contributed by atoms with E-state index in [1.165, 1.54) is 16.0 Å². The van der Waals surface area contributed by atoms with Gasteiger partial charge in [0.15, 0.2) is 5.69 Å². The number of nitrogen functional groups attached to an aromatic ring is 1. The topological polar surface area (TPSA) is 137 Å². The van der Waals surface area contributed by atoms with Crippen LogP contribution in [0.3, 0.4) is 0 Å². The summed E-state index contributed by atoms with van der Waals surface area (Å²) >= 11 is 1.51. The highest BCUT2D eigenvalue weighted by molar-refractivity contribution is 7.11. The SMILES string of the molecule is CC(C)c1c(C(=O)N/N=C/c2cccs2)nnn1-c1nonc1N. The minimum Gasteiger partial charge on any atom is -0.378 e. The molecule has 24 heavy (non-hydrogen) atoms. The van der Waals surface area contributed by atoms with Gasteiger partial charge in [0, 0.05) is 4.88 Å². The Kier molecular flexibility index (Phi) is 4.33. The smallest absolute Gasteiger partial charge is 0.293 e. The summed E-state index contributed by atoms with van der Waals surface area (Å²) in [5, 5.41) is 20.9. The van der Waals surface area contributed by atoms with Crippen LogP contribution in [0, 0.1) is 0 Å². The van der Waals surface area contributed by atoms with E-state index in [0.29, 0.717) is 5.69 Å². The van der Waals surface area contributed by atoms with Crippen molar-refractivity contribution in [2.75, 3.05) is 5.73 Å². The number of hydrogen-bond donors (Lipinski definition) is 2. The van der Waals surface area contributed by atoms with Gasteiger partial charge in [0.05, 0.1) is 11.9 Å². The molecule has 0 saturated carbocycles. The van der Waals surface area contributed by atoms with Crippen LogP contribution in [-0.4, -0.2) is 37.4 Å². The van der Waals surface area contributed by atoms with Gasteiger partial charge >= 0.3 is 0 Å². The fraction of sp³-hybridized carbons (Fsp3) is 0.231. The van der Waals surface area contributed by atoms with Crippen LogP contribution in [0.25, 0.3) is 5.82 Å². The first-order valence-corrected chi connectivity index (χ1v) is 7.86. The first-order chi connectivity index (χ1) is 11.6. The van der Waals surface area contributed by atoms with Gasteiger partial charge in [0.25, 0.3) is 5.91 Å². The lowest BCUT2D eigenvalue weighted by molar-refractivity contribution is 0.0948. The van der Waals surface area contributed by atoms with Crippen molar-refractivity contribution in [1.29, 1.82) is 0 Å². The van der Waals surface area contributed by atoms with Gasteiger partial charge in [-0.05, 0) is 27.7 Å². The molecular formula is C13H14N8O2S. The van der Waals surface area contributed by atoms with Crippen molar-refractivity contribution in [1.82, 2.24) is 30.7 Å². The standard InChI is InChI=1S/C13H14N8O2S/c1-7(2)10-9(13(22)17-15-6-8-4-3-5-24-8)16-20-21(10)12-11(14)18-23-19-12/h3-7H,1-2H3,(H2,14,18)(H,17,22)/b15-6+. The van der Waals surface area contributed by atoms with Crippen LogP contribution in [-0.2, 0) is 0 Å². The lowest BCUT2D eigenvalue weighted by atomic mass is 10.1. The Balaban J connectivity index is 1.86. The summed E-state index contributed by atoms with van der Waals surface area (Å²) in [5.41, 5.74) is 8.78. The van der Waals surface area contributed by atoms with Crippen molar-refractivity contribution < 1.29 is 9.42 Å². The number of hydrazone groups is 1. The molecule has 3 rings (SSSR count). The van der Waals surface area contributed by atoms with Crippen molar-refractivity contribution in [3.63, 3.8) is 0 Å². The Morgan fingerprint density at radius 3 is 2.96 bits per heavy atom. The molecule has 0 aliphatic carbocycles. The third kappa shape index (κ3) is 3.01. The molecule has 0 unspecified atom stereocenters. The number of aromatic nitrogens is 5. The van der Waals surface area contributed by atoms with Gasteiger partial charge in [-0.1, -0.05) is 25.1 Å². The third-order valence-electron chi connectivity index (χ3n) is 3.06. The van der Waals surface area contributed by atoms with E-state index in [0.717, 1.165) is 4.88 Å². The summed E-state index contributed by atoms with van der Waals surface area (Å²) < 4.78 is 5.92. The van der Waals surface area contributed by atoms with Gasteiger partial charge in [0.1, 0.15) is 0 Å². The average molecular weight is 346 g/mol. The van der Waals surface area contributed by atoms with Gasteiger partial charge in [-0.2, -0.15) is 9.78 Å². The van der Waals surface area contributed by atoms with E-state index in [4.69, 9.17) is 5.73 Å². The second-order valence-electron chi connectivity index (χ2n) is 5.08. The molecule has 3 aromatic rings. The zero-order valence-corrected chi connectivity index (χ0v) is 13.7. The fourth-order valence-corrected chi connectivity index (χ4v) is 2.62. The predicted octanol–water partition coefficient (Wildman–Crippen LogP) is 1.18. The van der Waals surface area contributed by atoms with Crippen LogP contribution < -0.4 is 11.2 Å². The lowest BCUT2D eigenvalue weighted by Crippen LogP contribution is -2.20. The molecule has 0 fully saturated rings. The number of nitrogens with two attached hydrogens (primary N) is 1.